The Hall–Kier alpha value is -1.69. The molecule has 0 aliphatic heterocycles. The van der Waals surface area contributed by atoms with Gasteiger partial charge < -0.3 is 4.42 Å². The van der Waals surface area contributed by atoms with E-state index >= 15 is 0 Å². The number of halogens is 2. The molecular formula is C17H12FIO2. The second kappa shape index (κ2) is 5.60. The van der Waals surface area contributed by atoms with Crippen LogP contribution in [0.4, 0.5) is 4.39 Å². The van der Waals surface area contributed by atoms with Crippen molar-refractivity contribution in [2.45, 2.75) is 13.3 Å². The zero-order valence-electron chi connectivity index (χ0n) is 11.3. The van der Waals surface area contributed by atoms with Crippen molar-refractivity contribution in [2.75, 3.05) is 0 Å². The fourth-order valence-corrected chi connectivity index (χ4v) is 2.69. The molecule has 0 amide bonds. The molecule has 0 saturated heterocycles. The van der Waals surface area contributed by atoms with Crippen molar-refractivity contribution in [3.05, 3.63) is 68.7 Å². The van der Waals surface area contributed by atoms with Crippen LogP contribution >= 0.6 is 22.6 Å². The van der Waals surface area contributed by atoms with Crippen molar-refractivity contribution in [3.63, 3.8) is 0 Å². The van der Waals surface area contributed by atoms with Crippen LogP contribution in [0.15, 0.2) is 46.9 Å². The summed E-state index contributed by atoms with van der Waals surface area (Å²) in [6.07, 6.45) is 0.278. The van der Waals surface area contributed by atoms with E-state index < -0.39 is 0 Å². The predicted molar refractivity (Wildman–Crippen MR) is 88.1 cm³/mol. The molecule has 0 N–H and O–H groups in total. The minimum Gasteiger partial charge on any atom is -0.453 e. The fourth-order valence-electron chi connectivity index (χ4n) is 2.33. The highest BCUT2D eigenvalue weighted by atomic mass is 127. The molecule has 3 aromatic rings. The number of fused-ring (bicyclic) bond motifs is 1. The Kier molecular flexibility index (Phi) is 3.80. The van der Waals surface area contributed by atoms with Gasteiger partial charge in [0, 0.05) is 20.9 Å². The molecule has 0 radical (unpaired) electrons. The van der Waals surface area contributed by atoms with E-state index in [4.69, 9.17) is 4.42 Å². The van der Waals surface area contributed by atoms with Crippen LogP contribution in [-0.2, 0) is 6.42 Å². The van der Waals surface area contributed by atoms with Crippen LogP contribution in [0.2, 0.25) is 0 Å². The van der Waals surface area contributed by atoms with Crippen molar-refractivity contribution in [3.8, 4) is 0 Å². The van der Waals surface area contributed by atoms with E-state index in [1.807, 2.05) is 24.3 Å². The van der Waals surface area contributed by atoms with Crippen LogP contribution in [-0.4, -0.2) is 5.78 Å². The summed E-state index contributed by atoms with van der Waals surface area (Å²) in [6, 6.07) is 12.1. The predicted octanol–water partition coefficient (Wildman–Crippen LogP) is 4.91. The summed E-state index contributed by atoms with van der Waals surface area (Å²) in [6.45, 7) is 1.78. The Morgan fingerprint density at radius 2 is 1.90 bits per heavy atom. The second-order valence-electron chi connectivity index (χ2n) is 4.92. The lowest BCUT2D eigenvalue weighted by Gasteiger charge is -2.00. The lowest BCUT2D eigenvalue weighted by Crippen LogP contribution is -2.03. The van der Waals surface area contributed by atoms with Crippen molar-refractivity contribution in [1.82, 2.24) is 0 Å². The van der Waals surface area contributed by atoms with Crippen molar-refractivity contribution < 1.29 is 13.6 Å². The van der Waals surface area contributed by atoms with Gasteiger partial charge >= 0.3 is 0 Å². The van der Waals surface area contributed by atoms with E-state index in [1.54, 1.807) is 13.0 Å². The summed E-state index contributed by atoms with van der Waals surface area (Å²) >= 11 is 2.22. The van der Waals surface area contributed by atoms with E-state index in [0.29, 0.717) is 22.3 Å². The third kappa shape index (κ3) is 2.85. The Bertz CT molecular complexity index is 819. The number of furan rings is 1. The van der Waals surface area contributed by atoms with Crippen LogP contribution in [0.1, 0.15) is 21.7 Å². The Labute approximate surface area is 135 Å². The summed E-state index contributed by atoms with van der Waals surface area (Å²) < 4.78 is 20.0. The van der Waals surface area contributed by atoms with Gasteiger partial charge in [-0.1, -0.05) is 12.1 Å². The van der Waals surface area contributed by atoms with Crippen LogP contribution in [0.5, 0.6) is 0 Å². The van der Waals surface area contributed by atoms with Crippen LogP contribution in [0.25, 0.3) is 11.0 Å². The average Bonchev–Trinajstić information content (AvgIpc) is 2.79. The molecule has 2 nitrogen and oxygen atoms in total. The molecule has 0 aliphatic carbocycles. The molecule has 0 saturated carbocycles. The standard InChI is InChI=1S/C17H12FIO2/c1-10-14-9-12(18)4-7-16(14)21-17(10)15(20)8-11-2-5-13(19)6-3-11/h2-7,9H,8H2,1H3. The van der Waals surface area contributed by atoms with Gasteiger partial charge in [0.2, 0.25) is 5.78 Å². The number of Topliss-reactive ketones (excluding diaryl/α,β-unsaturated/α-hetero) is 1. The van der Waals surface area contributed by atoms with E-state index in [-0.39, 0.29) is 18.0 Å². The summed E-state index contributed by atoms with van der Waals surface area (Å²) in [4.78, 5) is 12.4. The molecular weight excluding hydrogens is 382 g/mol. The van der Waals surface area contributed by atoms with E-state index in [1.165, 1.54) is 12.1 Å². The van der Waals surface area contributed by atoms with Crippen molar-refractivity contribution in [1.29, 1.82) is 0 Å². The number of rotatable bonds is 3. The van der Waals surface area contributed by atoms with Crippen LogP contribution in [0, 0.1) is 16.3 Å². The second-order valence-corrected chi connectivity index (χ2v) is 6.17. The molecule has 0 unspecified atom stereocenters. The molecule has 0 aliphatic rings. The first-order valence-corrected chi connectivity index (χ1v) is 7.59. The van der Waals surface area contributed by atoms with Gasteiger partial charge in [0.05, 0.1) is 0 Å². The number of carbonyl (C=O) groups is 1. The minimum atomic E-state index is -0.331. The number of carbonyl (C=O) groups excluding carboxylic acids is 1. The maximum Gasteiger partial charge on any atom is 0.202 e. The normalized spacial score (nSPS) is 11.0. The maximum absolute atomic E-state index is 13.3. The SMILES string of the molecule is Cc1c(C(=O)Cc2ccc(I)cc2)oc2ccc(F)cc12. The molecule has 21 heavy (non-hydrogen) atoms. The average molecular weight is 394 g/mol. The first kappa shape index (κ1) is 14.3. The van der Waals surface area contributed by atoms with Crippen molar-refractivity contribution in [2.24, 2.45) is 0 Å². The van der Waals surface area contributed by atoms with Gasteiger partial charge in [0.25, 0.3) is 0 Å². The monoisotopic (exact) mass is 394 g/mol. The van der Waals surface area contributed by atoms with Gasteiger partial charge in [-0.2, -0.15) is 0 Å². The molecule has 1 aromatic heterocycles. The molecule has 3 rings (SSSR count). The highest BCUT2D eigenvalue weighted by Crippen LogP contribution is 2.27. The zero-order chi connectivity index (χ0) is 15.0. The van der Waals surface area contributed by atoms with E-state index in [2.05, 4.69) is 22.6 Å². The minimum absolute atomic E-state index is 0.0923. The quantitative estimate of drug-likeness (QED) is 0.467. The Morgan fingerprint density at radius 1 is 1.19 bits per heavy atom. The molecule has 106 valence electrons. The lowest BCUT2D eigenvalue weighted by atomic mass is 10.0. The van der Waals surface area contributed by atoms with Gasteiger partial charge in [-0.05, 0) is 65.4 Å². The summed E-state index contributed by atoms with van der Waals surface area (Å²) in [7, 11) is 0. The summed E-state index contributed by atoms with van der Waals surface area (Å²) in [5.74, 6) is -0.109. The molecule has 0 fully saturated rings. The van der Waals surface area contributed by atoms with Gasteiger partial charge in [-0.3, -0.25) is 4.79 Å². The molecule has 4 heteroatoms. The van der Waals surface area contributed by atoms with E-state index in [0.717, 1.165) is 9.13 Å². The largest absolute Gasteiger partial charge is 0.453 e. The molecule has 2 aromatic carbocycles. The molecule has 0 atom stereocenters. The first-order chi connectivity index (χ1) is 10.0. The van der Waals surface area contributed by atoms with Gasteiger partial charge in [0.1, 0.15) is 11.4 Å². The third-order valence-electron chi connectivity index (χ3n) is 3.43. The number of hydrogen-bond donors (Lipinski definition) is 0. The van der Waals surface area contributed by atoms with Crippen molar-refractivity contribution >= 4 is 39.3 Å². The number of aryl methyl sites for hydroxylation is 1. The highest BCUT2D eigenvalue weighted by Gasteiger charge is 2.18. The maximum atomic E-state index is 13.3. The molecule has 1 heterocycles. The zero-order valence-corrected chi connectivity index (χ0v) is 13.5. The summed E-state index contributed by atoms with van der Waals surface area (Å²) in [5, 5.41) is 0.654. The smallest absolute Gasteiger partial charge is 0.202 e. The molecule has 0 bridgehead atoms. The van der Waals surface area contributed by atoms with Crippen LogP contribution < -0.4 is 0 Å². The lowest BCUT2D eigenvalue weighted by molar-refractivity contribution is 0.0967. The number of benzene rings is 2. The molecule has 0 spiro atoms. The van der Waals surface area contributed by atoms with Gasteiger partial charge in [0.15, 0.2) is 5.76 Å². The van der Waals surface area contributed by atoms with Crippen LogP contribution in [0.3, 0.4) is 0 Å². The first-order valence-electron chi connectivity index (χ1n) is 6.51. The Balaban J connectivity index is 1.94. The Morgan fingerprint density at radius 3 is 2.62 bits per heavy atom. The topological polar surface area (TPSA) is 30.2 Å². The number of ketones is 1. The third-order valence-corrected chi connectivity index (χ3v) is 4.15. The van der Waals surface area contributed by atoms with Gasteiger partial charge in [-0.25, -0.2) is 4.39 Å². The van der Waals surface area contributed by atoms with Gasteiger partial charge in [-0.15, -0.1) is 0 Å². The fraction of sp³-hybridized carbons (Fsp3) is 0.118. The number of hydrogen-bond acceptors (Lipinski definition) is 2. The summed E-state index contributed by atoms with van der Waals surface area (Å²) in [5.41, 5.74) is 2.17. The highest BCUT2D eigenvalue weighted by molar-refractivity contribution is 14.1. The van der Waals surface area contributed by atoms with E-state index in [9.17, 15) is 9.18 Å².